The molecule has 0 aromatic heterocycles. The van der Waals surface area contributed by atoms with Crippen LogP contribution in [0.25, 0.3) is 0 Å². The second-order valence-electron chi connectivity index (χ2n) is 7.43. The van der Waals surface area contributed by atoms with Gasteiger partial charge < -0.3 is 10.1 Å². The zero-order chi connectivity index (χ0) is 22.7. The highest BCUT2D eigenvalue weighted by molar-refractivity contribution is 7.89. The zero-order valence-electron chi connectivity index (χ0n) is 17.4. The van der Waals surface area contributed by atoms with Gasteiger partial charge >= 0.3 is 0 Å². The van der Waals surface area contributed by atoms with E-state index in [9.17, 15) is 18.0 Å². The highest BCUT2D eigenvalue weighted by Gasteiger charge is 2.40. The number of methoxy groups -OCH3 is 1. The second-order valence-corrected chi connectivity index (χ2v) is 9.26. The Balaban J connectivity index is 1.64. The number of hydrogen-bond donors (Lipinski definition) is 1. The summed E-state index contributed by atoms with van der Waals surface area (Å²) in [6.45, 7) is 0.0365. The molecule has 1 aliphatic rings. The third-order valence-electron chi connectivity index (χ3n) is 5.38. The quantitative estimate of drug-likeness (QED) is 0.619. The van der Waals surface area contributed by atoms with Crippen LogP contribution >= 0.6 is 0 Å². The fraction of sp³-hybridized carbons (Fsp3) is 0.167. The van der Waals surface area contributed by atoms with Gasteiger partial charge in [0.25, 0.3) is 15.9 Å². The third kappa shape index (κ3) is 4.22. The van der Waals surface area contributed by atoms with Gasteiger partial charge in [-0.25, -0.2) is 12.7 Å². The van der Waals surface area contributed by atoms with Crippen molar-refractivity contribution < 1.29 is 22.7 Å². The molecule has 3 aromatic carbocycles. The fourth-order valence-corrected chi connectivity index (χ4v) is 5.36. The Kier molecular flexibility index (Phi) is 5.96. The van der Waals surface area contributed by atoms with Crippen molar-refractivity contribution in [3.05, 3.63) is 90.0 Å². The Morgan fingerprint density at radius 3 is 2.31 bits per heavy atom. The monoisotopic (exact) mass is 450 g/mol. The Bertz CT molecular complexity index is 1240. The molecule has 8 heteroatoms. The minimum atomic E-state index is -4.22. The number of ether oxygens (including phenoxy) is 1. The maximum Gasteiger partial charge on any atom is 0.270 e. The Labute approximate surface area is 186 Å². The van der Waals surface area contributed by atoms with E-state index in [1.54, 1.807) is 24.3 Å². The average Bonchev–Trinajstić information content (AvgIpc) is 3.22. The SMILES string of the molecule is COc1ccc(C(=O)Nc2ccccc2)cc1S(=O)(=O)N1C[C@@H](c2ccccc2)CC1=O. The van der Waals surface area contributed by atoms with Gasteiger partial charge in [0.1, 0.15) is 10.6 Å². The first-order chi connectivity index (χ1) is 15.4. The first-order valence-corrected chi connectivity index (χ1v) is 11.5. The van der Waals surface area contributed by atoms with E-state index in [2.05, 4.69) is 5.32 Å². The summed E-state index contributed by atoms with van der Waals surface area (Å²) in [4.78, 5) is 25.1. The molecule has 2 amide bonds. The minimum absolute atomic E-state index is 0.0365. The molecule has 0 radical (unpaired) electrons. The van der Waals surface area contributed by atoms with E-state index in [1.807, 2.05) is 36.4 Å². The Hall–Kier alpha value is -3.65. The number of nitrogens with one attached hydrogen (secondary N) is 1. The molecule has 3 aromatic rings. The van der Waals surface area contributed by atoms with Crippen molar-refractivity contribution >= 4 is 27.5 Å². The summed E-state index contributed by atoms with van der Waals surface area (Å²) in [5, 5.41) is 2.73. The molecular formula is C24H22N2O5S. The minimum Gasteiger partial charge on any atom is -0.495 e. The lowest BCUT2D eigenvalue weighted by Crippen LogP contribution is -2.32. The van der Waals surface area contributed by atoms with Gasteiger partial charge in [0, 0.05) is 30.1 Å². The predicted octanol–water partition coefficient (Wildman–Crippen LogP) is 3.65. The van der Waals surface area contributed by atoms with Crippen LogP contribution in [0, 0.1) is 0 Å². The van der Waals surface area contributed by atoms with Crippen LogP contribution in [0.5, 0.6) is 5.75 Å². The number of nitrogens with zero attached hydrogens (tertiary/aromatic N) is 1. The molecule has 1 aliphatic heterocycles. The van der Waals surface area contributed by atoms with Crippen LogP contribution in [-0.2, 0) is 14.8 Å². The van der Waals surface area contributed by atoms with Crippen molar-refractivity contribution in [3.8, 4) is 5.75 Å². The van der Waals surface area contributed by atoms with Crippen molar-refractivity contribution in [2.45, 2.75) is 17.2 Å². The summed E-state index contributed by atoms with van der Waals surface area (Å²) in [6, 6.07) is 22.3. The van der Waals surface area contributed by atoms with Crippen LogP contribution < -0.4 is 10.1 Å². The standard InChI is InChI=1S/C24H22N2O5S/c1-31-21-13-12-18(24(28)25-20-10-6-3-7-11-20)14-22(21)32(29,30)26-16-19(15-23(26)27)17-8-4-2-5-9-17/h2-14,19H,15-16H2,1H3,(H,25,28)/t19-/m0/s1. The molecule has 0 aliphatic carbocycles. The number of carbonyl (C=O) groups is 2. The predicted molar refractivity (Wildman–Crippen MR) is 120 cm³/mol. The average molecular weight is 451 g/mol. The zero-order valence-corrected chi connectivity index (χ0v) is 18.2. The number of para-hydroxylation sites is 1. The van der Waals surface area contributed by atoms with Crippen molar-refractivity contribution in [2.75, 3.05) is 19.0 Å². The topological polar surface area (TPSA) is 92.8 Å². The first-order valence-electron chi connectivity index (χ1n) is 10.0. The maximum atomic E-state index is 13.4. The van der Waals surface area contributed by atoms with Crippen LogP contribution in [0.3, 0.4) is 0 Å². The molecule has 0 unspecified atom stereocenters. The largest absolute Gasteiger partial charge is 0.495 e. The molecule has 1 atom stereocenters. The van der Waals surface area contributed by atoms with E-state index in [1.165, 1.54) is 25.3 Å². The lowest BCUT2D eigenvalue weighted by Gasteiger charge is -2.19. The summed E-state index contributed by atoms with van der Waals surface area (Å²) in [7, 11) is -2.88. The summed E-state index contributed by atoms with van der Waals surface area (Å²) >= 11 is 0. The van der Waals surface area contributed by atoms with Crippen molar-refractivity contribution in [2.24, 2.45) is 0 Å². The van der Waals surface area contributed by atoms with Crippen molar-refractivity contribution in [1.82, 2.24) is 4.31 Å². The molecule has 0 saturated carbocycles. The molecule has 0 bridgehead atoms. The number of benzene rings is 3. The number of rotatable bonds is 6. The molecule has 32 heavy (non-hydrogen) atoms. The van der Waals surface area contributed by atoms with Crippen LogP contribution in [0.1, 0.15) is 28.3 Å². The van der Waals surface area contributed by atoms with E-state index >= 15 is 0 Å². The lowest BCUT2D eigenvalue weighted by atomic mass is 9.99. The molecule has 1 heterocycles. The highest BCUT2D eigenvalue weighted by Crippen LogP contribution is 2.35. The Morgan fingerprint density at radius 2 is 1.66 bits per heavy atom. The fourth-order valence-electron chi connectivity index (χ4n) is 3.72. The van der Waals surface area contributed by atoms with Crippen molar-refractivity contribution in [1.29, 1.82) is 0 Å². The van der Waals surface area contributed by atoms with Gasteiger partial charge in [-0.05, 0) is 35.9 Å². The number of amides is 2. The van der Waals surface area contributed by atoms with Gasteiger partial charge in [0.15, 0.2) is 0 Å². The molecule has 1 fully saturated rings. The molecule has 164 valence electrons. The number of carbonyl (C=O) groups excluding carboxylic acids is 2. The molecule has 7 nitrogen and oxygen atoms in total. The smallest absolute Gasteiger partial charge is 0.270 e. The number of hydrogen-bond acceptors (Lipinski definition) is 5. The number of sulfonamides is 1. The van der Waals surface area contributed by atoms with Crippen LogP contribution in [0.2, 0.25) is 0 Å². The summed E-state index contributed by atoms with van der Waals surface area (Å²) in [5.74, 6) is -1.11. The molecule has 0 spiro atoms. The van der Waals surface area contributed by atoms with Crippen LogP contribution in [0.15, 0.2) is 83.8 Å². The van der Waals surface area contributed by atoms with E-state index in [4.69, 9.17) is 4.74 Å². The maximum absolute atomic E-state index is 13.4. The van der Waals surface area contributed by atoms with Gasteiger partial charge in [-0.3, -0.25) is 9.59 Å². The normalized spacial score (nSPS) is 16.1. The van der Waals surface area contributed by atoms with Gasteiger partial charge in [-0.2, -0.15) is 0 Å². The molecule has 1 N–H and O–H groups in total. The Morgan fingerprint density at radius 1 is 1.00 bits per heavy atom. The summed E-state index contributed by atoms with van der Waals surface area (Å²) in [6.07, 6.45) is 0.0970. The number of anilines is 1. The van der Waals surface area contributed by atoms with E-state index in [0.29, 0.717) is 5.69 Å². The van der Waals surface area contributed by atoms with Gasteiger partial charge in [0.2, 0.25) is 5.91 Å². The van der Waals surface area contributed by atoms with Gasteiger partial charge in [-0.15, -0.1) is 0 Å². The van der Waals surface area contributed by atoms with E-state index in [0.717, 1.165) is 9.87 Å². The van der Waals surface area contributed by atoms with Gasteiger partial charge in [-0.1, -0.05) is 48.5 Å². The van der Waals surface area contributed by atoms with Crippen molar-refractivity contribution in [3.63, 3.8) is 0 Å². The van der Waals surface area contributed by atoms with E-state index in [-0.39, 0.29) is 35.1 Å². The third-order valence-corrected chi connectivity index (χ3v) is 7.19. The lowest BCUT2D eigenvalue weighted by molar-refractivity contribution is -0.123. The summed E-state index contributed by atoms with van der Waals surface area (Å²) < 4.78 is 33.0. The molecule has 1 saturated heterocycles. The molecule has 4 rings (SSSR count). The highest BCUT2D eigenvalue weighted by atomic mass is 32.2. The van der Waals surface area contributed by atoms with Crippen LogP contribution in [-0.4, -0.2) is 38.2 Å². The first kappa shape index (κ1) is 21.6. The molecular weight excluding hydrogens is 428 g/mol. The van der Waals surface area contributed by atoms with E-state index < -0.39 is 21.8 Å². The summed E-state index contributed by atoms with van der Waals surface area (Å²) in [5.41, 5.74) is 1.62. The second kappa shape index (κ2) is 8.84. The van der Waals surface area contributed by atoms with Gasteiger partial charge in [0.05, 0.1) is 7.11 Å². The van der Waals surface area contributed by atoms with Crippen LogP contribution in [0.4, 0.5) is 5.69 Å².